The van der Waals surface area contributed by atoms with E-state index in [9.17, 15) is 18.0 Å². The molecule has 5 rings (SSSR count). The molecule has 1 N–H and O–H groups in total. The summed E-state index contributed by atoms with van der Waals surface area (Å²) in [5, 5.41) is 0.709. The number of fused-ring (bicyclic) bond motifs is 1. The van der Waals surface area contributed by atoms with Crippen LogP contribution in [0.15, 0.2) is 83.9 Å². The fourth-order valence-electron chi connectivity index (χ4n) is 4.76. The largest absolute Gasteiger partial charge is 0.496 e. The molecule has 0 spiro atoms. The zero-order chi connectivity index (χ0) is 28.3. The van der Waals surface area contributed by atoms with Crippen molar-refractivity contribution in [3.8, 4) is 5.75 Å². The molecule has 4 aromatic rings. The van der Waals surface area contributed by atoms with Crippen LogP contribution in [0.4, 0.5) is 5.69 Å². The summed E-state index contributed by atoms with van der Waals surface area (Å²) in [7, 11) is -2.53. The smallest absolute Gasteiger partial charge is 0.264 e. The van der Waals surface area contributed by atoms with E-state index >= 15 is 0 Å². The predicted molar refractivity (Wildman–Crippen MR) is 153 cm³/mol. The molecule has 1 aliphatic heterocycles. The first-order valence-electron chi connectivity index (χ1n) is 12.9. The molecule has 1 aromatic heterocycles. The summed E-state index contributed by atoms with van der Waals surface area (Å²) < 4.78 is 34.4. The van der Waals surface area contributed by atoms with Crippen molar-refractivity contribution < 1.29 is 22.7 Å². The van der Waals surface area contributed by atoms with Crippen LogP contribution in [0.1, 0.15) is 21.5 Å². The topological polar surface area (TPSA) is 109 Å². The Kier molecular flexibility index (Phi) is 7.70. The van der Waals surface area contributed by atoms with Gasteiger partial charge in [0.1, 0.15) is 10.6 Å². The standard InChI is InChI=1S/C30H30N4O5S/c1-21-8-10-22(11-9-21)19-28(35)33-15-17-34(18-16-33)30(36)25-13-12-24(20-26(25)39-2)32-40(37,38)27-7-3-5-23-6-4-14-31-29(23)27/h3-14,20,32H,15-19H2,1-2H3. The Labute approximate surface area is 233 Å². The van der Waals surface area contributed by atoms with Gasteiger partial charge in [-0.2, -0.15) is 0 Å². The van der Waals surface area contributed by atoms with Crippen LogP contribution in [0.3, 0.4) is 0 Å². The van der Waals surface area contributed by atoms with Gasteiger partial charge in [0, 0.05) is 43.8 Å². The highest BCUT2D eigenvalue weighted by Crippen LogP contribution is 2.28. The molecule has 0 atom stereocenters. The van der Waals surface area contributed by atoms with Gasteiger partial charge in [0.15, 0.2) is 0 Å². The van der Waals surface area contributed by atoms with Crippen LogP contribution in [-0.2, 0) is 21.2 Å². The molecule has 1 saturated heterocycles. The number of amides is 2. The molecule has 2 amide bonds. The van der Waals surface area contributed by atoms with Gasteiger partial charge in [0.05, 0.1) is 30.3 Å². The van der Waals surface area contributed by atoms with Crippen molar-refractivity contribution in [2.75, 3.05) is 38.0 Å². The van der Waals surface area contributed by atoms with Crippen molar-refractivity contribution in [2.24, 2.45) is 0 Å². The third-order valence-electron chi connectivity index (χ3n) is 6.96. The number of ether oxygens (including phenoxy) is 1. The summed E-state index contributed by atoms with van der Waals surface area (Å²) in [4.78, 5) is 33.9. The Hall–Kier alpha value is -4.44. The molecule has 1 fully saturated rings. The first-order valence-corrected chi connectivity index (χ1v) is 14.4. The molecule has 10 heteroatoms. The maximum atomic E-state index is 13.3. The van der Waals surface area contributed by atoms with E-state index in [1.807, 2.05) is 31.2 Å². The molecule has 206 valence electrons. The highest BCUT2D eigenvalue weighted by molar-refractivity contribution is 7.93. The van der Waals surface area contributed by atoms with Crippen LogP contribution in [0.5, 0.6) is 5.75 Å². The second-order valence-corrected chi connectivity index (χ2v) is 11.3. The van der Waals surface area contributed by atoms with Gasteiger partial charge in [-0.25, -0.2) is 8.42 Å². The molecule has 0 bridgehead atoms. The summed E-state index contributed by atoms with van der Waals surface area (Å²) in [6.07, 6.45) is 1.87. The third kappa shape index (κ3) is 5.76. The van der Waals surface area contributed by atoms with E-state index in [1.54, 1.807) is 46.3 Å². The van der Waals surface area contributed by atoms with Gasteiger partial charge in [-0.05, 0) is 36.8 Å². The number of benzene rings is 3. The summed E-state index contributed by atoms with van der Waals surface area (Å²) >= 11 is 0. The number of methoxy groups -OCH3 is 1. The Bertz CT molecular complexity index is 1660. The Morgan fingerprint density at radius 3 is 2.35 bits per heavy atom. The van der Waals surface area contributed by atoms with E-state index in [-0.39, 0.29) is 28.1 Å². The molecule has 9 nitrogen and oxygen atoms in total. The number of sulfonamides is 1. The molecule has 40 heavy (non-hydrogen) atoms. The van der Waals surface area contributed by atoms with Crippen molar-refractivity contribution in [1.82, 2.24) is 14.8 Å². The van der Waals surface area contributed by atoms with Gasteiger partial charge >= 0.3 is 0 Å². The highest BCUT2D eigenvalue weighted by atomic mass is 32.2. The van der Waals surface area contributed by atoms with Crippen LogP contribution in [-0.4, -0.2) is 68.3 Å². The summed E-state index contributed by atoms with van der Waals surface area (Å²) in [5.74, 6) is 0.0424. The van der Waals surface area contributed by atoms with E-state index in [0.29, 0.717) is 49.1 Å². The predicted octanol–water partition coefficient (Wildman–Crippen LogP) is 3.88. The normalized spacial score (nSPS) is 13.8. The molecule has 3 aromatic carbocycles. The van der Waals surface area contributed by atoms with Crippen molar-refractivity contribution in [3.63, 3.8) is 0 Å². The van der Waals surface area contributed by atoms with Crippen LogP contribution in [0, 0.1) is 6.92 Å². The fourth-order valence-corrected chi connectivity index (χ4v) is 5.99. The van der Waals surface area contributed by atoms with Gasteiger partial charge in [-0.15, -0.1) is 0 Å². The average Bonchev–Trinajstić information content (AvgIpc) is 2.97. The maximum Gasteiger partial charge on any atom is 0.264 e. The first-order chi connectivity index (χ1) is 19.2. The number of aryl methyl sites for hydroxylation is 1. The molecular weight excluding hydrogens is 528 g/mol. The zero-order valence-corrected chi connectivity index (χ0v) is 23.1. The maximum absolute atomic E-state index is 13.3. The molecule has 2 heterocycles. The number of hydrogen-bond donors (Lipinski definition) is 1. The number of anilines is 1. The van der Waals surface area contributed by atoms with Crippen molar-refractivity contribution in [1.29, 1.82) is 0 Å². The Morgan fingerprint density at radius 2 is 1.62 bits per heavy atom. The van der Waals surface area contributed by atoms with Gasteiger partial charge < -0.3 is 14.5 Å². The molecular formula is C30H30N4O5S. The monoisotopic (exact) mass is 558 g/mol. The number of hydrogen-bond acceptors (Lipinski definition) is 6. The summed E-state index contributed by atoms with van der Waals surface area (Å²) in [5.41, 5.74) is 3.05. The number of carbonyl (C=O) groups excluding carboxylic acids is 2. The van der Waals surface area contributed by atoms with Gasteiger partial charge in [-0.3, -0.25) is 19.3 Å². The Morgan fingerprint density at radius 1 is 0.925 bits per heavy atom. The molecule has 0 aliphatic carbocycles. The lowest BCUT2D eigenvalue weighted by Crippen LogP contribution is -2.51. The number of pyridine rings is 1. The quantitative estimate of drug-likeness (QED) is 0.369. The lowest BCUT2D eigenvalue weighted by molar-refractivity contribution is -0.131. The molecule has 0 radical (unpaired) electrons. The SMILES string of the molecule is COc1cc(NS(=O)(=O)c2cccc3cccnc23)ccc1C(=O)N1CCN(C(=O)Cc2ccc(C)cc2)CC1. The van der Waals surface area contributed by atoms with Crippen molar-refractivity contribution in [2.45, 2.75) is 18.2 Å². The number of aromatic nitrogens is 1. The van der Waals surface area contributed by atoms with Gasteiger partial charge in [0.2, 0.25) is 5.91 Å². The minimum absolute atomic E-state index is 0.0339. The van der Waals surface area contributed by atoms with Gasteiger partial charge in [0.25, 0.3) is 15.9 Å². The van der Waals surface area contributed by atoms with Gasteiger partial charge in [-0.1, -0.05) is 48.0 Å². The zero-order valence-electron chi connectivity index (χ0n) is 22.3. The van der Waals surface area contributed by atoms with E-state index in [4.69, 9.17) is 4.74 Å². The number of nitrogens with zero attached hydrogens (tertiary/aromatic N) is 3. The van der Waals surface area contributed by atoms with Crippen LogP contribution < -0.4 is 9.46 Å². The minimum atomic E-state index is -3.96. The average molecular weight is 559 g/mol. The lowest BCUT2D eigenvalue weighted by atomic mass is 10.1. The molecule has 0 unspecified atom stereocenters. The number of carbonyl (C=O) groups is 2. The molecule has 0 saturated carbocycles. The van der Waals surface area contributed by atoms with E-state index < -0.39 is 10.0 Å². The molecule has 1 aliphatic rings. The van der Waals surface area contributed by atoms with Crippen molar-refractivity contribution >= 4 is 38.4 Å². The number of piperazine rings is 1. The van der Waals surface area contributed by atoms with E-state index in [1.165, 1.54) is 25.3 Å². The van der Waals surface area contributed by atoms with Crippen LogP contribution in [0.2, 0.25) is 0 Å². The second-order valence-electron chi connectivity index (χ2n) is 9.69. The minimum Gasteiger partial charge on any atom is -0.496 e. The van der Waals surface area contributed by atoms with Crippen LogP contribution in [0.25, 0.3) is 10.9 Å². The number of para-hydroxylation sites is 1. The number of rotatable bonds is 7. The van der Waals surface area contributed by atoms with E-state index in [0.717, 1.165) is 11.1 Å². The summed E-state index contributed by atoms with van der Waals surface area (Å²) in [6.45, 7) is 3.67. The number of nitrogens with one attached hydrogen (secondary N) is 1. The Balaban J connectivity index is 1.26. The lowest BCUT2D eigenvalue weighted by Gasteiger charge is -2.35. The fraction of sp³-hybridized carbons (Fsp3) is 0.233. The first kappa shape index (κ1) is 27.1. The van der Waals surface area contributed by atoms with Crippen molar-refractivity contribution in [3.05, 3.63) is 95.7 Å². The highest BCUT2D eigenvalue weighted by Gasteiger charge is 2.27. The van der Waals surface area contributed by atoms with Crippen LogP contribution >= 0.6 is 0 Å². The third-order valence-corrected chi connectivity index (χ3v) is 8.38. The summed E-state index contributed by atoms with van der Waals surface area (Å²) in [6, 6.07) is 21.0. The van der Waals surface area contributed by atoms with E-state index in [2.05, 4.69) is 9.71 Å². The second kappa shape index (κ2) is 11.4.